The van der Waals surface area contributed by atoms with Crippen LogP contribution in [0.5, 0.6) is 0 Å². The molecule has 0 spiro atoms. The number of carbonyl (C=O) groups is 1. The van der Waals surface area contributed by atoms with Crippen LogP contribution >= 0.6 is 0 Å². The fraction of sp³-hybridized carbons (Fsp3) is 0.682. The molecule has 1 fully saturated rings. The smallest absolute Gasteiger partial charge is 0.303 e. The Balaban J connectivity index is 2.39. The third-order valence-electron chi connectivity index (χ3n) is 5.94. The molecule has 0 aromatic rings. The molecule has 0 aromatic heterocycles. The Kier molecular flexibility index (Phi) is 6.48. The Hall–Kier alpha value is -1.31. The third kappa shape index (κ3) is 4.62. The largest absolute Gasteiger partial charge is 0.458 e. The van der Waals surface area contributed by atoms with Crippen LogP contribution in [0, 0.1) is 23.7 Å². The van der Waals surface area contributed by atoms with Crippen molar-refractivity contribution in [2.75, 3.05) is 0 Å². The van der Waals surface area contributed by atoms with Crippen molar-refractivity contribution in [1.82, 2.24) is 0 Å². The Morgan fingerprint density at radius 2 is 1.96 bits per heavy atom. The fourth-order valence-electron chi connectivity index (χ4n) is 4.45. The average Bonchev–Trinajstić information content (AvgIpc) is 2.49. The van der Waals surface area contributed by atoms with Crippen LogP contribution in [0.25, 0.3) is 0 Å². The predicted octanol–water partition coefficient (Wildman–Crippen LogP) is 5.85. The Morgan fingerprint density at radius 1 is 1.25 bits per heavy atom. The van der Waals surface area contributed by atoms with Gasteiger partial charge in [-0.2, -0.15) is 0 Å². The first-order valence-electron chi connectivity index (χ1n) is 9.48. The monoisotopic (exact) mass is 330 g/mol. The average molecular weight is 331 g/mol. The third-order valence-corrected chi connectivity index (χ3v) is 5.94. The van der Waals surface area contributed by atoms with Gasteiger partial charge in [-0.1, -0.05) is 43.7 Å². The summed E-state index contributed by atoms with van der Waals surface area (Å²) in [5.41, 5.74) is 4.02. The number of allylic oxidation sites excluding steroid dienone is 3. The first-order chi connectivity index (χ1) is 11.3. The molecular formula is C22H34O2. The van der Waals surface area contributed by atoms with E-state index in [9.17, 15) is 4.79 Å². The number of esters is 1. The highest BCUT2D eigenvalue weighted by Gasteiger charge is 2.36. The molecule has 0 aromatic carbocycles. The van der Waals surface area contributed by atoms with E-state index in [0.29, 0.717) is 23.7 Å². The molecular weight excluding hydrogens is 296 g/mol. The van der Waals surface area contributed by atoms with Gasteiger partial charge in [0.25, 0.3) is 0 Å². The van der Waals surface area contributed by atoms with Crippen molar-refractivity contribution in [1.29, 1.82) is 0 Å². The molecule has 0 bridgehead atoms. The molecule has 2 aliphatic carbocycles. The van der Waals surface area contributed by atoms with E-state index in [1.165, 1.54) is 36.5 Å². The highest BCUT2D eigenvalue weighted by Crippen LogP contribution is 2.45. The van der Waals surface area contributed by atoms with Gasteiger partial charge >= 0.3 is 5.97 Å². The summed E-state index contributed by atoms with van der Waals surface area (Å²) < 4.78 is 5.61. The van der Waals surface area contributed by atoms with E-state index in [2.05, 4.69) is 46.4 Å². The van der Waals surface area contributed by atoms with E-state index >= 15 is 0 Å². The predicted molar refractivity (Wildman–Crippen MR) is 101 cm³/mol. The van der Waals surface area contributed by atoms with Gasteiger partial charge in [0.05, 0.1) is 0 Å². The number of ether oxygens (including phenoxy) is 1. The van der Waals surface area contributed by atoms with Crippen LogP contribution in [0.3, 0.4) is 0 Å². The van der Waals surface area contributed by atoms with Crippen molar-refractivity contribution in [2.45, 2.75) is 72.8 Å². The van der Waals surface area contributed by atoms with Crippen LogP contribution in [0.2, 0.25) is 0 Å². The number of hydrogen-bond acceptors (Lipinski definition) is 2. The van der Waals surface area contributed by atoms with Crippen LogP contribution < -0.4 is 0 Å². The summed E-state index contributed by atoms with van der Waals surface area (Å²) in [7, 11) is 0. The van der Waals surface area contributed by atoms with Crippen molar-refractivity contribution in [3.8, 4) is 0 Å². The molecule has 0 heterocycles. The lowest BCUT2D eigenvalue weighted by Crippen LogP contribution is -2.33. The molecule has 2 aliphatic rings. The van der Waals surface area contributed by atoms with Crippen LogP contribution in [-0.4, -0.2) is 12.1 Å². The standard InChI is InChI=1S/C22H34O2/c1-14(2)19-11-9-16(4)20-10-7-15(3)8-12-22(24-18(6)23)17(5)13-21(19)20/h8,13-14,19-22H,4,7,9-12H2,1-3,5-6H3/b15-8+,17-13+/t19-,20+,21-,22+/m0/s1. The maximum Gasteiger partial charge on any atom is 0.303 e. The highest BCUT2D eigenvalue weighted by atomic mass is 16.5. The second kappa shape index (κ2) is 8.18. The van der Waals surface area contributed by atoms with E-state index in [0.717, 1.165) is 19.3 Å². The zero-order chi connectivity index (χ0) is 17.9. The molecule has 2 heteroatoms. The van der Waals surface area contributed by atoms with Gasteiger partial charge in [0.2, 0.25) is 0 Å². The lowest BCUT2D eigenvalue weighted by Gasteiger charge is -2.41. The lowest BCUT2D eigenvalue weighted by molar-refractivity contribution is -0.144. The summed E-state index contributed by atoms with van der Waals surface area (Å²) in [4.78, 5) is 11.5. The Morgan fingerprint density at radius 3 is 2.58 bits per heavy atom. The van der Waals surface area contributed by atoms with Crippen molar-refractivity contribution < 1.29 is 9.53 Å². The molecule has 0 aliphatic heterocycles. The van der Waals surface area contributed by atoms with Crippen LogP contribution in [0.1, 0.15) is 66.7 Å². The van der Waals surface area contributed by atoms with Gasteiger partial charge in [0.15, 0.2) is 0 Å². The maximum atomic E-state index is 11.5. The molecule has 0 radical (unpaired) electrons. The van der Waals surface area contributed by atoms with Gasteiger partial charge < -0.3 is 4.74 Å². The first kappa shape index (κ1) is 19.0. The summed E-state index contributed by atoms with van der Waals surface area (Å²) in [6, 6.07) is 0. The quantitative estimate of drug-likeness (QED) is 0.469. The number of hydrogen-bond donors (Lipinski definition) is 0. The van der Waals surface area contributed by atoms with Gasteiger partial charge in [-0.3, -0.25) is 4.79 Å². The number of fused-ring (bicyclic) bond motifs is 1. The second-order valence-electron chi connectivity index (χ2n) is 8.12. The summed E-state index contributed by atoms with van der Waals surface area (Å²) in [5.74, 6) is 2.25. The minimum Gasteiger partial charge on any atom is -0.458 e. The van der Waals surface area contributed by atoms with Crippen LogP contribution in [0.4, 0.5) is 0 Å². The molecule has 2 nitrogen and oxygen atoms in total. The Bertz CT molecular complexity index is 538. The Labute approximate surface area is 148 Å². The maximum absolute atomic E-state index is 11.5. The second-order valence-corrected chi connectivity index (χ2v) is 8.12. The topological polar surface area (TPSA) is 26.3 Å². The zero-order valence-electron chi connectivity index (χ0n) is 16.1. The molecule has 134 valence electrons. The van der Waals surface area contributed by atoms with E-state index in [4.69, 9.17) is 4.74 Å². The normalized spacial score (nSPS) is 36.2. The summed E-state index contributed by atoms with van der Waals surface area (Å²) >= 11 is 0. The van der Waals surface area contributed by atoms with E-state index in [-0.39, 0.29) is 12.1 Å². The van der Waals surface area contributed by atoms with E-state index in [1.54, 1.807) is 0 Å². The molecule has 0 N–H and O–H groups in total. The minimum atomic E-state index is -0.194. The molecule has 2 rings (SSSR count). The van der Waals surface area contributed by atoms with Crippen LogP contribution in [0.15, 0.2) is 35.5 Å². The van der Waals surface area contributed by atoms with E-state index in [1.807, 2.05) is 0 Å². The van der Waals surface area contributed by atoms with Gasteiger partial charge in [0.1, 0.15) is 6.10 Å². The van der Waals surface area contributed by atoms with Gasteiger partial charge in [-0.15, -0.1) is 0 Å². The summed E-state index contributed by atoms with van der Waals surface area (Å²) in [5, 5.41) is 0. The van der Waals surface area contributed by atoms with Crippen molar-refractivity contribution >= 4 is 5.97 Å². The van der Waals surface area contributed by atoms with Crippen molar-refractivity contribution in [2.24, 2.45) is 23.7 Å². The number of rotatable bonds is 2. The molecule has 1 saturated carbocycles. The van der Waals surface area contributed by atoms with Crippen molar-refractivity contribution in [3.05, 3.63) is 35.5 Å². The van der Waals surface area contributed by atoms with E-state index < -0.39 is 0 Å². The highest BCUT2D eigenvalue weighted by molar-refractivity contribution is 5.66. The van der Waals surface area contributed by atoms with Crippen LogP contribution in [-0.2, 0) is 9.53 Å². The summed E-state index contributed by atoms with van der Waals surface area (Å²) in [6.45, 7) is 14.9. The minimum absolute atomic E-state index is 0.126. The van der Waals surface area contributed by atoms with Gasteiger partial charge in [-0.25, -0.2) is 0 Å². The molecule has 4 atom stereocenters. The number of carbonyl (C=O) groups excluding carboxylic acids is 1. The first-order valence-corrected chi connectivity index (χ1v) is 9.48. The zero-order valence-corrected chi connectivity index (χ0v) is 16.1. The van der Waals surface area contributed by atoms with Gasteiger partial charge in [0, 0.05) is 13.3 Å². The molecule has 24 heavy (non-hydrogen) atoms. The fourth-order valence-corrected chi connectivity index (χ4v) is 4.45. The SMILES string of the molecule is C=C1CC[C@@H](C(C)C)[C@@H]2/C=C(\C)[C@H](OC(C)=O)C/C=C(\C)CC[C@H]12. The van der Waals surface area contributed by atoms with Gasteiger partial charge in [-0.05, 0) is 68.8 Å². The van der Waals surface area contributed by atoms with Crippen molar-refractivity contribution in [3.63, 3.8) is 0 Å². The molecule has 0 unspecified atom stereocenters. The lowest BCUT2D eigenvalue weighted by atomic mass is 9.64. The summed E-state index contributed by atoms with van der Waals surface area (Å²) in [6.07, 6.45) is 10.0. The molecule has 0 amide bonds. The molecule has 0 saturated heterocycles.